The van der Waals surface area contributed by atoms with Gasteiger partial charge in [-0.05, 0) is 17.8 Å². The second-order valence-electron chi connectivity index (χ2n) is 5.30. The highest BCUT2D eigenvalue weighted by molar-refractivity contribution is 6.21. The van der Waals surface area contributed by atoms with E-state index >= 15 is 0 Å². The van der Waals surface area contributed by atoms with Crippen LogP contribution < -0.4 is 0 Å². The van der Waals surface area contributed by atoms with E-state index < -0.39 is 0 Å². The van der Waals surface area contributed by atoms with Gasteiger partial charge >= 0.3 is 0 Å². The van der Waals surface area contributed by atoms with Crippen LogP contribution in [-0.4, -0.2) is 11.8 Å². The van der Waals surface area contributed by atoms with E-state index in [1.165, 1.54) is 44.9 Å². The van der Waals surface area contributed by atoms with E-state index in [9.17, 15) is 0 Å². The summed E-state index contributed by atoms with van der Waals surface area (Å²) in [4.78, 5) is 0. The lowest BCUT2D eigenvalue weighted by atomic mass is 9.76. The summed E-state index contributed by atoms with van der Waals surface area (Å²) in [5.74, 6) is 1.98. The van der Waals surface area contributed by atoms with Crippen LogP contribution in [0, 0.1) is 11.3 Å². The molecule has 0 atom stereocenters. The molecule has 2 heteroatoms. The normalized spacial score (nSPS) is 12.4. The van der Waals surface area contributed by atoms with Crippen LogP contribution in [-0.2, 0) is 0 Å². The van der Waals surface area contributed by atoms with Crippen molar-refractivity contribution < 1.29 is 0 Å². The molecule has 98 valence electrons. The molecule has 0 aliphatic carbocycles. The highest BCUT2D eigenvalue weighted by Crippen LogP contribution is 2.36. The third kappa shape index (κ3) is 5.77. The Balaban J connectivity index is 3.77. The van der Waals surface area contributed by atoms with Crippen molar-refractivity contribution in [1.82, 2.24) is 0 Å². The average Bonchev–Trinajstić information content (AvgIpc) is 2.28. The summed E-state index contributed by atoms with van der Waals surface area (Å²) in [6, 6.07) is 0. The van der Waals surface area contributed by atoms with Crippen LogP contribution in [0.15, 0.2) is 0 Å². The van der Waals surface area contributed by atoms with Crippen molar-refractivity contribution in [3.8, 4) is 0 Å². The Bertz CT molecular complexity index is 151. The van der Waals surface area contributed by atoms with Gasteiger partial charge in [-0.1, -0.05) is 59.3 Å². The zero-order valence-electron chi connectivity index (χ0n) is 11.2. The number of hydrogen-bond donors (Lipinski definition) is 0. The van der Waals surface area contributed by atoms with Gasteiger partial charge in [0.25, 0.3) is 0 Å². The lowest BCUT2D eigenvalue weighted by Gasteiger charge is -2.34. The quantitative estimate of drug-likeness (QED) is 0.343. The second-order valence-corrected chi connectivity index (χ2v) is 5.84. The molecule has 0 saturated heterocycles. The highest BCUT2D eigenvalue weighted by atomic mass is 35.5. The van der Waals surface area contributed by atoms with Gasteiger partial charge in [-0.15, -0.1) is 23.2 Å². The van der Waals surface area contributed by atoms with Gasteiger partial charge in [0.1, 0.15) is 0 Å². The first-order chi connectivity index (χ1) is 7.63. The third-order valence-corrected chi connectivity index (χ3v) is 4.85. The molecule has 0 fully saturated rings. The van der Waals surface area contributed by atoms with E-state index in [0.29, 0.717) is 17.7 Å². The smallest absolute Gasteiger partial charge is 0.0293 e. The fourth-order valence-corrected chi connectivity index (χ4v) is 3.19. The van der Waals surface area contributed by atoms with Crippen LogP contribution in [0.4, 0.5) is 0 Å². The summed E-state index contributed by atoms with van der Waals surface area (Å²) < 4.78 is 0. The summed E-state index contributed by atoms with van der Waals surface area (Å²) >= 11 is 12.2. The minimum atomic E-state index is 0.161. The van der Waals surface area contributed by atoms with Crippen LogP contribution >= 0.6 is 23.2 Å². The molecule has 0 unspecified atom stereocenters. The standard InChI is InChI=1S/C14H28Cl2/c1-4-5-6-7-8-9-10-14(11-15,12-16)13(2)3/h13H,4-12H2,1-3H3. The van der Waals surface area contributed by atoms with Crippen molar-refractivity contribution in [3.63, 3.8) is 0 Å². The van der Waals surface area contributed by atoms with Gasteiger partial charge in [-0.2, -0.15) is 0 Å². The predicted octanol–water partition coefficient (Wildman–Crippen LogP) is 5.86. The summed E-state index contributed by atoms with van der Waals surface area (Å²) in [6.45, 7) is 6.73. The van der Waals surface area contributed by atoms with Crippen LogP contribution in [0.1, 0.15) is 65.7 Å². The molecule has 0 aromatic carbocycles. The molecule has 0 aliphatic heterocycles. The number of unbranched alkanes of at least 4 members (excludes halogenated alkanes) is 5. The maximum Gasteiger partial charge on any atom is 0.0293 e. The molecule has 0 heterocycles. The Morgan fingerprint density at radius 3 is 1.81 bits per heavy atom. The number of alkyl halides is 2. The van der Waals surface area contributed by atoms with Gasteiger partial charge in [-0.25, -0.2) is 0 Å². The van der Waals surface area contributed by atoms with E-state index in [0.717, 1.165) is 0 Å². The van der Waals surface area contributed by atoms with Gasteiger partial charge < -0.3 is 0 Å². The fraction of sp³-hybridized carbons (Fsp3) is 1.00. The molecule has 16 heavy (non-hydrogen) atoms. The summed E-state index contributed by atoms with van der Waals surface area (Å²) in [7, 11) is 0. The van der Waals surface area contributed by atoms with Crippen LogP contribution in [0.25, 0.3) is 0 Å². The molecule has 0 nitrogen and oxygen atoms in total. The number of rotatable bonds is 10. The molecule has 0 rings (SSSR count). The fourth-order valence-electron chi connectivity index (χ4n) is 2.02. The van der Waals surface area contributed by atoms with Gasteiger partial charge in [0, 0.05) is 11.8 Å². The number of hydrogen-bond acceptors (Lipinski definition) is 0. The highest BCUT2D eigenvalue weighted by Gasteiger charge is 2.31. The molecule has 0 bridgehead atoms. The lowest BCUT2D eigenvalue weighted by Crippen LogP contribution is -2.31. The molecular formula is C14H28Cl2. The Hall–Kier alpha value is 0.580. The first-order valence-electron chi connectivity index (χ1n) is 6.75. The van der Waals surface area contributed by atoms with Gasteiger partial charge in [0.05, 0.1) is 0 Å². The molecular weight excluding hydrogens is 239 g/mol. The molecule has 0 aromatic heterocycles. The Morgan fingerprint density at radius 2 is 1.38 bits per heavy atom. The Morgan fingerprint density at radius 1 is 0.875 bits per heavy atom. The van der Waals surface area contributed by atoms with Gasteiger partial charge in [0.2, 0.25) is 0 Å². The molecule has 0 aliphatic rings. The van der Waals surface area contributed by atoms with Crippen molar-refractivity contribution >= 4 is 23.2 Å². The molecule has 0 saturated carbocycles. The van der Waals surface area contributed by atoms with Crippen molar-refractivity contribution in [2.75, 3.05) is 11.8 Å². The van der Waals surface area contributed by atoms with Crippen molar-refractivity contribution in [2.45, 2.75) is 65.7 Å². The SMILES string of the molecule is CCCCCCCCC(CCl)(CCl)C(C)C. The topological polar surface area (TPSA) is 0 Å². The summed E-state index contributed by atoms with van der Waals surface area (Å²) in [5.41, 5.74) is 0.161. The molecule has 0 N–H and O–H groups in total. The Labute approximate surface area is 112 Å². The van der Waals surface area contributed by atoms with Crippen LogP contribution in [0.5, 0.6) is 0 Å². The van der Waals surface area contributed by atoms with Gasteiger partial charge in [0.15, 0.2) is 0 Å². The minimum Gasteiger partial charge on any atom is -0.126 e. The van der Waals surface area contributed by atoms with Crippen molar-refractivity contribution in [3.05, 3.63) is 0 Å². The predicted molar refractivity (Wildman–Crippen MR) is 76.7 cm³/mol. The molecule has 0 aromatic rings. The first kappa shape index (κ1) is 16.6. The number of halogens is 2. The largest absolute Gasteiger partial charge is 0.126 e. The maximum absolute atomic E-state index is 6.10. The summed E-state index contributed by atoms with van der Waals surface area (Å²) in [5, 5.41) is 0. The van der Waals surface area contributed by atoms with E-state index in [2.05, 4.69) is 20.8 Å². The zero-order valence-corrected chi connectivity index (χ0v) is 12.7. The Kier molecular flexibility index (Phi) is 9.94. The summed E-state index contributed by atoms with van der Waals surface area (Å²) in [6.07, 6.45) is 9.24. The van der Waals surface area contributed by atoms with E-state index in [4.69, 9.17) is 23.2 Å². The van der Waals surface area contributed by atoms with Crippen LogP contribution in [0.2, 0.25) is 0 Å². The minimum absolute atomic E-state index is 0.161. The van der Waals surface area contributed by atoms with Gasteiger partial charge in [-0.3, -0.25) is 0 Å². The van der Waals surface area contributed by atoms with E-state index in [-0.39, 0.29) is 5.41 Å². The molecule has 0 spiro atoms. The third-order valence-electron chi connectivity index (χ3n) is 3.79. The molecule has 0 radical (unpaired) electrons. The average molecular weight is 267 g/mol. The molecule has 0 amide bonds. The second kappa shape index (κ2) is 9.59. The van der Waals surface area contributed by atoms with E-state index in [1.807, 2.05) is 0 Å². The lowest BCUT2D eigenvalue weighted by molar-refractivity contribution is 0.231. The van der Waals surface area contributed by atoms with Crippen molar-refractivity contribution in [1.29, 1.82) is 0 Å². The first-order valence-corrected chi connectivity index (χ1v) is 7.81. The van der Waals surface area contributed by atoms with Crippen LogP contribution in [0.3, 0.4) is 0 Å². The maximum atomic E-state index is 6.10. The zero-order chi connectivity index (χ0) is 12.4. The van der Waals surface area contributed by atoms with Crippen molar-refractivity contribution in [2.24, 2.45) is 11.3 Å². The monoisotopic (exact) mass is 266 g/mol. The van der Waals surface area contributed by atoms with E-state index in [1.54, 1.807) is 0 Å².